The molecule has 24 heavy (non-hydrogen) atoms. The summed E-state index contributed by atoms with van der Waals surface area (Å²) in [6, 6.07) is 10.5. The summed E-state index contributed by atoms with van der Waals surface area (Å²) in [5.41, 5.74) is 2.31. The number of piperazine rings is 1. The number of nitrogens with one attached hydrogen (secondary N) is 1. The van der Waals surface area contributed by atoms with Crippen molar-refractivity contribution in [3.8, 4) is 5.69 Å². The summed E-state index contributed by atoms with van der Waals surface area (Å²) in [6.45, 7) is 3.82. The maximum absolute atomic E-state index is 4.54. The number of benzene rings is 1. The number of hydrogen-bond donors (Lipinski definition) is 1. The first-order valence-corrected chi connectivity index (χ1v) is 8.32. The Morgan fingerprint density at radius 2 is 2.12 bits per heavy atom. The Hall–Kier alpha value is -2.44. The van der Waals surface area contributed by atoms with Crippen molar-refractivity contribution in [2.24, 2.45) is 7.05 Å². The Kier molecular flexibility index (Phi) is 4.15. The van der Waals surface area contributed by atoms with E-state index in [0.29, 0.717) is 6.04 Å². The average Bonchev–Trinajstić information content (AvgIpc) is 3.25. The summed E-state index contributed by atoms with van der Waals surface area (Å²) < 4.78 is 4.05. The summed E-state index contributed by atoms with van der Waals surface area (Å²) in [7, 11) is 2.06. The van der Waals surface area contributed by atoms with Gasteiger partial charge in [0.15, 0.2) is 0 Å². The van der Waals surface area contributed by atoms with Crippen LogP contribution in [0, 0.1) is 0 Å². The van der Waals surface area contributed by atoms with Crippen molar-refractivity contribution < 1.29 is 0 Å². The number of para-hydroxylation sites is 1. The Bertz CT molecular complexity index is 791. The molecule has 0 aliphatic carbocycles. The minimum absolute atomic E-state index is 0.291. The predicted octanol–water partition coefficient (Wildman–Crippen LogP) is 1.75. The molecule has 2 aromatic heterocycles. The van der Waals surface area contributed by atoms with Gasteiger partial charge in [0.2, 0.25) is 0 Å². The van der Waals surface area contributed by atoms with Crippen LogP contribution in [0.25, 0.3) is 5.69 Å². The van der Waals surface area contributed by atoms with Crippen LogP contribution in [0.3, 0.4) is 0 Å². The lowest BCUT2D eigenvalue weighted by atomic mass is 10.1. The highest BCUT2D eigenvalue weighted by Crippen LogP contribution is 2.22. The van der Waals surface area contributed by atoms with E-state index in [1.165, 1.54) is 5.56 Å². The molecule has 1 atom stereocenters. The van der Waals surface area contributed by atoms with Crippen molar-refractivity contribution in [3.05, 3.63) is 66.5 Å². The van der Waals surface area contributed by atoms with Crippen LogP contribution in [0.5, 0.6) is 0 Å². The van der Waals surface area contributed by atoms with E-state index in [4.69, 9.17) is 0 Å². The zero-order chi connectivity index (χ0) is 16.4. The Balaban J connectivity index is 1.53. The van der Waals surface area contributed by atoms with Gasteiger partial charge in [0, 0.05) is 57.4 Å². The first-order valence-electron chi connectivity index (χ1n) is 8.32. The fourth-order valence-electron chi connectivity index (χ4n) is 3.29. The second-order valence-electron chi connectivity index (χ2n) is 6.22. The molecule has 3 aromatic rings. The zero-order valence-electron chi connectivity index (χ0n) is 13.8. The van der Waals surface area contributed by atoms with Crippen LogP contribution < -0.4 is 5.32 Å². The standard InChI is InChI=1S/C18H22N6/c1-22-9-8-20-18(22)17-12-19-7-10-23(17)13-15-11-21-24(14-15)16-5-3-2-4-6-16/h2-6,8-9,11,14,17,19H,7,10,12-13H2,1H3. The van der Waals surface area contributed by atoms with E-state index >= 15 is 0 Å². The summed E-state index contributed by atoms with van der Waals surface area (Å²) in [4.78, 5) is 7.02. The lowest BCUT2D eigenvalue weighted by molar-refractivity contribution is 0.144. The van der Waals surface area contributed by atoms with Crippen molar-refractivity contribution in [2.75, 3.05) is 19.6 Å². The van der Waals surface area contributed by atoms with Gasteiger partial charge in [-0.2, -0.15) is 5.10 Å². The van der Waals surface area contributed by atoms with Crippen LogP contribution in [0.15, 0.2) is 55.1 Å². The zero-order valence-corrected chi connectivity index (χ0v) is 13.8. The summed E-state index contributed by atoms with van der Waals surface area (Å²) >= 11 is 0. The molecule has 1 aliphatic heterocycles. The van der Waals surface area contributed by atoms with E-state index in [1.807, 2.05) is 41.5 Å². The topological polar surface area (TPSA) is 50.9 Å². The molecule has 6 nitrogen and oxygen atoms in total. The molecule has 0 saturated carbocycles. The first-order chi connectivity index (χ1) is 11.8. The first kappa shape index (κ1) is 15.1. The van der Waals surface area contributed by atoms with Gasteiger partial charge >= 0.3 is 0 Å². The molecule has 1 aliphatic rings. The number of imidazole rings is 1. The molecule has 1 aromatic carbocycles. The summed E-state index contributed by atoms with van der Waals surface area (Å²) in [5.74, 6) is 1.11. The Labute approximate surface area is 141 Å². The molecule has 1 saturated heterocycles. The molecule has 1 N–H and O–H groups in total. The van der Waals surface area contributed by atoms with Crippen LogP contribution in [0.4, 0.5) is 0 Å². The maximum atomic E-state index is 4.54. The molecule has 124 valence electrons. The molecule has 6 heteroatoms. The highest BCUT2D eigenvalue weighted by atomic mass is 15.3. The molecule has 0 spiro atoms. The fraction of sp³-hybridized carbons (Fsp3) is 0.333. The lowest BCUT2D eigenvalue weighted by Gasteiger charge is -2.35. The fourth-order valence-corrected chi connectivity index (χ4v) is 3.29. The number of aryl methyl sites for hydroxylation is 1. The number of rotatable bonds is 4. The second kappa shape index (κ2) is 6.59. The molecule has 1 fully saturated rings. The molecular formula is C18H22N6. The summed E-state index contributed by atoms with van der Waals surface area (Å²) in [5, 5.41) is 7.99. The van der Waals surface area contributed by atoms with Gasteiger partial charge in [-0.1, -0.05) is 18.2 Å². The van der Waals surface area contributed by atoms with Gasteiger partial charge in [0.25, 0.3) is 0 Å². The minimum atomic E-state index is 0.291. The van der Waals surface area contributed by atoms with E-state index in [0.717, 1.165) is 37.7 Å². The SMILES string of the molecule is Cn1ccnc1C1CNCCN1Cc1cnn(-c2ccccc2)c1. The van der Waals surface area contributed by atoms with Crippen LogP contribution in [0.2, 0.25) is 0 Å². The maximum Gasteiger partial charge on any atom is 0.127 e. The van der Waals surface area contributed by atoms with Crippen LogP contribution in [-0.4, -0.2) is 43.9 Å². The van der Waals surface area contributed by atoms with Crippen LogP contribution >= 0.6 is 0 Å². The third-order valence-electron chi connectivity index (χ3n) is 4.55. The van der Waals surface area contributed by atoms with Crippen molar-refractivity contribution in [3.63, 3.8) is 0 Å². The normalized spacial score (nSPS) is 18.8. The van der Waals surface area contributed by atoms with Gasteiger partial charge < -0.3 is 9.88 Å². The highest BCUT2D eigenvalue weighted by Gasteiger charge is 2.26. The Morgan fingerprint density at radius 3 is 2.92 bits per heavy atom. The van der Waals surface area contributed by atoms with E-state index in [-0.39, 0.29) is 0 Å². The van der Waals surface area contributed by atoms with Gasteiger partial charge in [0.05, 0.1) is 17.9 Å². The molecule has 0 amide bonds. The highest BCUT2D eigenvalue weighted by molar-refractivity contribution is 5.30. The minimum Gasteiger partial charge on any atom is -0.337 e. The van der Waals surface area contributed by atoms with E-state index in [9.17, 15) is 0 Å². The predicted molar refractivity (Wildman–Crippen MR) is 92.8 cm³/mol. The van der Waals surface area contributed by atoms with Gasteiger partial charge in [-0.05, 0) is 12.1 Å². The smallest absolute Gasteiger partial charge is 0.127 e. The van der Waals surface area contributed by atoms with Crippen molar-refractivity contribution in [1.29, 1.82) is 0 Å². The van der Waals surface area contributed by atoms with Gasteiger partial charge in [0.1, 0.15) is 5.82 Å². The van der Waals surface area contributed by atoms with Crippen molar-refractivity contribution in [1.82, 2.24) is 29.5 Å². The van der Waals surface area contributed by atoms with Crippen LogP contribution in [-0.2, 0) is 13.6 Å². The summed E-state index contributed by atoms with van der Waals surface area (Å²) in [6.07, 6.45) is 7.96. The quantitative estimate of drug-likeness (QED) is 0.795. The molecule has 0 radical (unpaired) electrons. The monoisotopic (exact) mass is 322 g/mol. The van der Waals surface area contributed by atoms with E-state index in [1.54, 1.807) is 0 Å². The Morgan fingerprint density at radius 1 is 1.25 bits per heavy atom. The van der Waals surface area contributed by atoms with Crippen molar-refractivity contribution >= 4 is 0 Å². The molecule has 3 heterocycles. The number of nitrogens with zero attached hydrogens (tertiary/aromatic N) is 5. The van der Waals surface area contributed by atoms with Gasteiger partial charge in [-0.25, -0.2) is 9.67 Å². The lowest BCUT2D eigenvalue weighted by Crippen LogP contribution is -2.46. The molecule has 1 unspecified atom stereocenters. The van der Waals surface area contributed by atoms with Gasteiger partial charge in [-0.15, -0.1) is 0 Å². The number of aromatic nitrogens is 4. The largest absolute Gasteiger partial charge is 0.337 e. The second-order valence-corrected chi connectivity index (χ2v) is 6.22. The molecule has 4 rings (SSSR count). The van der Waals surface area contributed by atoms with Crippen molar-refractivity contribution in [2.45, 2.75) is 12.6 Å². The molecular weight excluding hydrogens is 300 g/mol. The average molecular weight is 322 g/mol. The van der Waals surface area contributed by atoms with E-state index in [2.05, 4.69) is 50.2 Å². The number of hydrogen-bond acceptors (Lipinski definition) is 4. The third-order valence-corrected chi connectivity index (χ3v) is 4.55. The van der Waals surface area contributed by atoms with Crippen LogP contribution in [0.1, 0.15) is 17.4 Å². The van der Waals surface area contributed by atoms with Gasteiger partial charge in [-0.3, -0.25) is 4.90 Å². The molecule has 0 bridgehead atoms. The third kappa shape index (κ3) is 2.98. The van der Waals surface area contributed by atoms with E-state index < -0.39 is 0 Å².